The Morgan fingerprint density at radius 1 is 1.53 bits per heavy atom. The first-order chi connectivity index (χ1) is 8.29. The first-order valence-corrected chi connectivity index (χ1v) is 5.66. The van der Waals surface area contributed by atoms with Crippen molar-refractivity contribution in [1.82, 2.24) is 0 Å². The maximum absolute atomic E-state index is 11.6. The van der Waals surface area contributed by atoms with Gasteiger partial charge in [-0.1, -0.05) is 0 Å². The van der Waals surface area contributed by atoms with Gasteiger partial charge in [-0.15, -0.1) is 0 Å². The Balaban J connectivity index is 1.81. The van der Waals surface area contributed by atoms with E-state index in [1.165, 1.54) is 0 Å². The van der Waals surface area contributed by atoms with Crippen LogP contribution in [-0.4, -0.2) is 32.4 Å². The van der Waals surface area contributed by atoms with Crippen LogP contribution in [0.4, 0.5) is 0 Å². The van der Waals surface area contributed by atoms with E-state index in [0.29, 0.717) is 19.0 Å². The van der Waals surface area contributed by atoms with Gasteiger partial charge in [0.1, 0.15) is 19.0 Å². The van der Waals surface area contributed by atoms with E-state index < -0.39 is 5.97 Å². The number of ether oxygens (including phenoxy) is 3. The number of hydrogen-bond acceptors (Lipinski definition) is 5. The van der Waals surface area contributed by atoms with Gasteiger partial charge in [-0.3, -0.25) is 0 Å². The van der Waals surface area contributed by atoms with E-state index in [0.717, 1.165) is 19.4 Å². The van der Waals surface area contributed by atoms with E-state index in [1.54, 1.807) is 19.2 Å². The van der Waals surface area contributed by atoms with Gasteiger partial charge in [-0.25, -0.2) is 4.79 Å². The zero-order valence-corrected chi connectivity index (χ0v) is 9.81. The van der Waals surface area contributed by atoms with Gasteiger partial charge in [-0.05, 0) is 25.0 Å². The molecule has 1 aliphatic rings. The minimum atomic E-state index is -0.456. The molecule has 0 bridgehead atoms. The number of hydrogen-bond donors (Lipinski definition) is 0. The quantitative estimate of drug-likeness (QED) is 0.734. The van der Waals surface area contributed by atoms with Crippen molar-refractivity contribution >= 4 is 5.97 Å². The molecule has 94 valence electrons. The van der Waals surface area contributed by atoms with E-state index in [1.807, 2.05) is 0 Å². The summed E-state index contributed by atoms with van der Waals surface area (Å²) in [5, 5.41) is 0. The second kappa shape index (κ2) is 5.84. The molecular weight excluding hydrogens is 224 g/mol. The standard InChI is InChI=1S/C12H16O5/c1-14-7-10-4-5-11(17-10)12(13)16-8-9-3-2-6-15-9/h4-5,9H,2-3,6-8H2,1H3. The van der Waals surface area contributed by atoms with Crippen molar-refractivity contribution in [3.05, 3.63) is 23.7 Å². The maximum atomic E-state index is 11.6. The Labute approximate surface area is 99.6 Å². The fourth-order valence-corrected chi connectivity index (χ4v) is 1.72. The largest absolute Gasteiger partial charge is 0.457 e. The molecule has 1 aromatic rings. The molecule has 0 radical (unpaired) electrons. The molecule has 0 spiro atoms. The molecule has 1 aromatic heterocycles. The zero-order valence-electron chi connectivity index (χ0n) is 9.81. The highest BCUT2D eigenvalue weighted by Crippen LogP contribution is 2.14. The van der Waals surface area contributed by atoms with Gasteiger partial charge in [-0.2, -0.15) is 0 Å². The van der Waals surface area contributed by atoms with Gasteiger partial charge in [0.2, 0.25) is 5.76 Å². The molecule has 0 aliphatic carbocycles. The Hall–Kier alpha value is -1.33. The van der Waals surface area contributed by atoms with E-state index >= 15 is 0 Å². The van der Waals surface area contributed by atoms with Crippen molar-refractivity contribution in [2.24, 2.45) is 0 Å². The Kier molecular flexibility index (Phi) is 4.17. The molecule has 0 amide bonds. The van der Waals surface area contributed by atoms with Gasteiger partial charge >= 0.3 is 5.97 Å². The topological polar surface area (TPSA) is 57.9 Å². The number of rotatable bonds is 5. The molecule has 2 rings (SSSR count). The lowest BCUT2D eigenvalue weighted by Gasteiger charge is -2.08. The third-order valence-electron chi connectivity index (χ3n) is 2.57. The minimum absolute atomic E-state index is 0.0346. The number of furan rings is 1. The van der Waals surface area contributed by atoms with E-state index in [2.05, 4.69) is 0 Å². The molecule has 5 nitrogen and oxygen atoms in total. The van der Waals surface area contributed by atoms with E-state index in [9.17, 15) is 4.79 Å². The highest BCUT2D eigenvalue weighted by Gasteiger charge is 2.19. The number of methoxy groups -OCH3 is 1. The first kappa shape index (κ1) is 12.1. The lowest BCUT2D eigenvalue weighted by Crippen LogP contribution is -2.17. The molecule has 2 heterocycles. The summed E-state index contributed by atoms with van der Waals surface area (Å²) >= 11 is 0. The van der Waals surface area contributed by atoms with Crippen LogP contribution in [-0.2, 0) is 20.8 Å². The van der Waals surface area contributed by atoms with Gasteiger partial charge in [0.25, 0.3) is 0 Å². The van der Waals surface area contributed by atoms with Crippen LogP contribution >= 0.6 is 0 Å². The lowest BCUT2D eigenvalue weighted by molar-refractivity contribution is 0.0133. The second-order valence-corrected chi connectivity index (χ2v) is 3.93. The number of carbonyl (C=O) groups is 1. The molecule has 1 atom stereocenters. The monoisotopic (exact) mass is 240 g/mol. The second-order valence-electron chi connectivity index (χ2n) is 3.93. The summed E-state index contributed by atoms with van der Waals surface area (Å²) in [5.41, 5.74) is 0. The van der Waals surface area contributed by atoms with Crippen LogP contribution in [0, 0.1) is 0 Å². The number of esters is 1. The molecule has 0 N–H and O–H groups in total. The smallest absolute Gasteiger partial charge is 0.374 e. The summed E-state index contributed by atoms with van der Waals surface area (Å²) in [6, 6.07) is 3.29. The molecule has 5 heteroatoms. The highest BCUT2D eigenvalue weighted by atomic mass is 16.6. The predicted octanol–water partition coefficient (Wildman–Crippen LogP) is 1.76. The van der Waals surface area contributed by atoms with Crippen LogP contribution in [0.2, 0.25) is 0 Å². The van der Waals surface area contributed by atoms with Gasteiger partial charge in [0.05, 0.1) is 6.10 Å². The van der Waals surface area contributed by atoms with Crippen LogP contribution in [0.15, 0.2) is 16.5 Å². The summed E-state index contributed by atoms with van der Waals surface area (Å²) < 4.78 is 20.6. The van der Waals surface area contributed by atoms with Crippen LogP contribution in [0.1, 0.15) is 29.2 Å². The first-order valence-electron chi connectivity index (χ1n) is 5.66. The summed E-state index contributed by atoms with van der Waals surface area (Å²) in [7, 11) is 1.57. The fourth-order valence-electron chi connectivity index (χ4n) is 1.72. The van der Waals surface area contributed by atoms with Crippen LogP contribution in [0.25, 0.3) is 0 Å². The van der Waals surface area contributed by atoms with Crippen molar-refractivity contribution in [3.63, 3.8) is 0 Å². The summed E-state index contributed by atoms with van der Waals surface area (Å²) in [5.74, 6) is 0.356. The van der Waals surface area contributed by atoms with Crippen LogP contribution in [0.5, 0.6) is 0 Å². The summed E-state index contributed by atoms with van der Waals surface area (Å²) in [6.07, 6.45) is 2.01. The van der Waals surface area contributed by atoms with E-state index in [4.69, 9.17) is 18.6 Å². The highest BCUT2D eigenvalue weighted by molar-refractivity contribution is 5.86. The molecule has 1 fully saturated rings. The van der Waals surface area contributed by atoms with Crippen molar-refractivity contribution in [1.29, 1.82) is 0 Å². The van der Waals surface area contributed by atoms with Gasteiger partial charge in [0.15, 0.2) is 0 Å². The third kappa shape index (κ3) is 3.31. The SMILES string of the molecule is COCc1ccc(C(=O)OCC2CCCO2)o1. The molecule has 17 heavy (non-hydrogen) atoms. The lowest BCUT2D eigenvalue weighted by atomic mass is 10.2. The summed E-state index contributed by atoms with van der Waals surface area (Å²) in [4.78, 5) is 11.6. The third-order valence-corrected chi connectivity index (χ3v) is 2.57. The number of carbonyl (C=O) groups excluding carboxylic acids is 1. The Morgan fingerprint density at radius 3 is 3.12 bits per heavy atom. The van der Waals surface area contributed by atoms with Crippen molar-refractivity contribution < 1.29 is 23.4 Å². The molecule has 1 unspecified atom stereocenters. The molecule has 0 aromatic carbocycles. The zero-order chi connectivity index (χ0) is 12.1. The normalized spacial score (nSPS) is 19.5. The molecule has 1 saturated heterocycles. The Bertz CT molecular complexity index is 365. The van der Waals surface area contributed by atoms with Crippen molar-refractivity contribution in [3.8, 4) is 0 Å². The van der Waals surface area contributed by atoms with Crippen LogP contribution < -0.4 is 0 Å². The van der Waals surface area contributed by atoms with Gasteiger partial charge < -0.3 is 18.6 Å². The maximum Gasteiger partial charge on any atom is 0.374 e. The van der Waals surface area contributed by atoms with Crippen molar-refractivity contribution in [2.45, 2.75) is 25.6 Å². The Morgan fingerprint density at radius 2 is 2.41 bits per heavy atom. The average molecular weight is 240 g/mol. The molecular formula is C12H16O5. The van der Waals surface area contributed by atoms with Crippen molar-refractivity contribution in [2.75, 3.05) is 20.3 Å². The molecule has 0 saturated carbocycles. The van der Waals surface area contributed by atoms with E-state index in [-0.39, 0.29) is 11.9 Å². The fraction of sp³-hybridized carbons (Fsp3) is 0.583. The van der Waals surface area contributed by atoms with Crippen LogP contribution in [0.3, 0.4) is 0 Å². The predicted molar refractivity (Wildman–Crippen MR) is 58.7 cm³/mol. The summed E-state index contributed by atoms with van der Waals surface area (Å²) in [6.45, 7) is 1.39. The minimum Gasteiger partial charge on any atom is -0.457 e. The van der Waals surface area contributed by atoms with Gasteiger partial charge in [0, 0.05) is 13.7 Å². The molecule has 1 aliphatic heterocycles. The average Bonchev–Trinajstić information content (AvgIpc) is 2.97.